The number of carbonyl (C=O) groups is 1. The average molecular weight is 458 g/mol. The minimum atomic E-state index is -0.473. The molecule has 0 saturated heterocycles. The molecule has 2 aromatic heterocycles. The summed E-state index contributed by atoms with van der Waals surface area (Å²) in [6.45, 7) is 6.21. The van der Waals surface area contributed by atoms with Gasteiger partial charge in [0.2, 0.25) is 0 Å². The van der Waals surface area contributed by atoms with Crippen molar-refractivity contribution in [3.05, 3.63) is 41.3 Å². The third-order valence-corrected chi connectivity index (χ3v) is 5.58. The molecule has 1 aromatic carbocycles. The second-order valence-corrected chi connectivity index (χ2v) is 9.30. The average Bonchev–Trinajstić information content (AvgIpc) is 3.08. The molecule has 0 bridgehead atoms. The Kier molecular flexibility index (Phi) is 5.29. The summed E-state index contributed by atoms with van der Waals surface area (Å²) < 4.78 is 8.19. The van der Waals surface area contributed by atoms with E-state index in [-0.39, 0.29) is 6.09 Å². The van der Waals surface area contributed by atoms with E-state index in [0.29, 0.717) is 18.5 Å². The first-order valence-corrected chi connectivity index (χ1v) is 10.5. The fraction of sp³-hybridized carbons (Fsp3) is 0.429. The van der Waals surface area contributed by atoms with Crippen LogP contribution < -0.4 is 5.32 Å². The monoisotopic (exact) mass is 457 g/mol. The molecule has 1 amide bonds. The van der Waals surface area contributed by atoms with Crippen LogP contribution in [0.1, 0.15) is 39.7 Å². The predicted molar refractivity (Wildman–Crippen MR) is 114 cm³/mol. The largest absolute Gasteiger partial charge is 0.444 e. The topological polar surface area (TPSA) is 81.9 Å². The molecule has 0 atom stereocenters. The summed E-state index contributed by atoms with van der Waals surface area (Å²) in [4.78, 5) is 21.0. The highest BCUT2D eigenvalue weighted by atomic mass is 79.9. The van der Waals surface area contributed by atoms with Crippen LogP contribution in [0.3, 0.4) is 0 Å². The number of hydrogen-bond acceptors (Lipinski definition) is 5. The first-order valence-electron chi connectivity index (χ1n) is 9.71. The van der Waals surface area contributed by atoms with Gasteiger partial charge >= 0.3 is 6.09 Å². The SMILES string of the molecule is CC(C)(C)OC(=O)NCC1CC(n2cc(-c3cnc4cccc(Br)c4n3)cn2)C1. The standard InChI is InChI=1S/C21H24BrN5O2/c1-21(2,3)29-20(28)24-9-13-7-15(8-13)27-12-14(10-25-27)18-11-23-17-6-4-5-16(22)19(17)26-18/h4-6,10-13,15H,7-9H2,1-3H3,(H,24,28). The maximum absolute atomic E-state index is 11.8. The minimum Gasteiger partial charge on any atom is -0.444 e. The molecule has 1 saturated carbocycles. The molecule has 4 rings (SSSR count). The number of halogens is 1. The zero-order valence-electron chi connectivity index (χ0n) is 16.7. The van der Waals surface area contributed by atoms with Crippen LogP contribution in [-0.4, -0.2) is 38.0 Å². The normalized spacial score (nSPS) is 19.0. The number of hydrogen-bond donors (Lipinski definition) is 1. The van der Waals surface area contributed by atoms with Crippen LogP contribution in [0.25, 0.3) is 22.3 Å². The number of nitrogens with zero attached hydrogens (tertiary/aromatic N) is 4. The summed E-state index contributed by atoms with van der Waals surface area (Å²) >= 11 is 3.54. The van der Waals surface area contributed by atoms with Crippen LogP contribution in [0.2, 0.25) is 0 Å². The smallest absolute Gasteiger partial charge is 0.407 e. The first kappa shape index (κ1) is 19.8. The number of carbonyl (C=O) groups excluding carboxylic acids is 1. The van der Waals surface area contributed by atoms with Gasteiger partial charge in [0.15, 0.2) is 0 Å². The fourth-order valence-electron chi connectivity index (χ4n) is 3.43. The Bertz CT molecular complexity index is 1040. The molecule has 152 valence electrons. The first-order chi connectivity index (χ1) is 13.8. The molecule has 1 N–H and O–H groups in total. The lowest BCUT2D eigenvalue weighted by Gasteiger charge is -2.35. The van der Waals surface area contributed by atoms with E-state index < -0.39 is 5.60 Å². The highest BCUT2D eigenvalue weighted by molar-refractivity contribution is 9.10. The molecule has 0 unspecified atom stereocenters. The van der Waals surface area contributed by atoms with Crippen LogP contribution in [0.5, 0.6) is 0 Å². The fourth-order valence-corrected chi connectivity index (χ4v) is 3.88. The van der Waals surface area contributed by atoms with E-state index in [1.165, 1.54) is 0 Å². The Morgan fingerprint density at radius 1 is 1.31 bits per heavy atom. The number of ether oxygens (including phenoxy) is 1. The van der Waals surface area contributed by atoms with Crippen molar-refractivity contribution in [3.63, 3.8) is 0 Å². The Labute approximate surface area is 178 Å². The van der Waals surface area contributed by atoms with Gasteiger partial charge < -0.3 is 10.1 Å². The molecule has 0 spiro atoms. The Morgan fingerprint density at radius 2 is 2.10 bits per heavy atom. The molecule has 1 aliphatic rings. The van der Waals surface area contributed by atoms with Crippen molar-refractivity contribution < 1.29 is 9.53 Å². The predicted octanol–water partition coefficient (Wildman–Crippen LogP) is 4.73. The van der Waals surface area contributed by atoms with Crippen molar-refractivity contribution in [2.75, 3.05) is 6.54 Å². The molecule has 8 heteroatoms. The summed E-state index contributed by atoms with van der Waals surface area (Å²) in [5.74, 6) is 0.441. The molecule has 7 nitrogen and oxygen atoms in total. The zero-order valence-corrected chi connectivity index (χ0v) is 18.3. The highest BCUT2D eigenvalue weighted by Crippen LogP contribution is 2.37. The summed E-state index contributed by atoms with van der Waals surface area (Å²) in [6, 6.07) is 6.20. The van der Waals surface area contributed by atoms with Crippen LogP contribution >= 0.6 is 15.9 Å². The lowest BCUT2D eigenvalue weighted by molar-refractivity contribution is 0.0498. The molecule has 2 heterocycles. The number of nitrogens with one attached hydrogen (secondary N) is 1. The van der Waals surface area contributed by atoms with Crippen LogP contribution in [-0.2, 0) is 4.74 Å². The molecular formula is C21H24BrN5O2. The second-order valence-electron chi connectivity index (χ2n) is 8.45. The lowest BCUT2D eigenvalue weighted by atomic mass is 9.80. The van der Waals surface area contributed by atoms with E-state index >= 15 is 0 Å². The molecule has 1 fully saturated rings. The Hall–Kier alpha value is -2.48. The number of rotatable bonds is 4. The summed E-state index contributed by atoms with van der Waals surface area (Å²) in [5.41, 5.74) is 2.98. The number of benzene rings is 1. The highest BCUT2D eigenvalue weighted by Gasteiger charge is 2.31. The summed E-state index contributed by atoms with van der Waals surface area (Å²) in [7, 11) is 0. The number of amides is 1. The second kappa shape index (κ2) is 7.74. The van der Waals surface area contributed by atoms with Gasteiger partial charge in [-0.2, -0.15) is 5.10 Å². The summed E-state index contributed by atoms with van der Waals surface area (Å²) in [6.07, 6.45) is 7.24. The lowest BCUT2D eigenvalue weighted by Crippen LogP contribution is -2.39. The van der Waals surface area contributed by atoms with E-state index in [0.717, 1.165) is 39.6 Å². The van der Waals surface area contributed by atoms with E-state index in [9.17, 15) is 4.79 Å². The van der Waals surface area contributed by atoms with Gasteiger partial charge in [0, 0.05) is 22.8 Å². The molecule has 1 aliphatic carbocycles. The van der Waals surface area contributed by atoms with Crippen molar-refractivity contribution >= 4 is 33.1 Å². The van der Waals surface area contributed by atoms with Crippen LogP contribution in [0.4, 0.5) is 4.79 Å². The van der Waals surface area contributed by atoms with Crippen molar-refractivity contribution in [1.29, 1.82) is 0 Å². The van der Waals surface area contributed by atoms with Crippen molar-refractivity contribution in [3.8, 4) is 11.3 Å². The molecule has 3 aromatic rings. The third-order valence-electron chi connectivity index (χ3n) is 4.94. The van der Waals surface area contributed by atoms with E-state index in [1.54, 1.807) is 6.20 Å². The van der Waals surface area contributed by atoms with Crippen LogP contribution in [0.15, 0.2) is 41.3 Å². The third kappa shape index (κ3) is 4.58. The van der Waals surface area contributed by atoms with Gasteiger partial charge in [-0.05, 0) is 67.6 Å². The Balaban J connectivity index is 1.35. The molecule has 29 heavy (non-hydrogen) atoms. The number of alkyl carbamates (subject to hydrolysis) is 1. The van der Waals surface area contributed by atoms with Gasteiger partial charge in [-0.3, -0.25) is 9.67 Å². The van der Waals surface area contributed by atoms with E-state index in [2.05, 4.69) is 31.3 Å². The van der Waals surface area contributed by atoms with Crippen molar-refractivity contribution in [2.45, 2.75) is 45.3 Å². The van der Waals surface area contributed by atoms with Crippen LogP contribution in [0, 0.1) is 5.92 Å². The maximum atomic E-state index is 11.8. The van der Waals surface area contributed by atoms with E-state index in [4.69, 9.17) is 9.72 Å². The minimum absolute atomic E-state index is 0.342. The van der Waals surface area contributed by atoms with Gasteiger partial charge in [-0.1, -0.05) is 6.07 Å². The van der Waals surface area contributed by atoms with Gasteiger partial charge in [0.1, 0.15) is 11.1 Å². The maximum Gasteiger partial charge on any atom is 0.407 e. The van der Waals surface area contributed by atoms with Gasteiger partial charge in [0.05, 0.1) is 29.6 Å². The number of aromatic nitrogens is 4. The van der Waals surface area contributed by atoms with Crippen molar-refractivity contribution in [2.24, 2.45) is 5.92 Å². The van der Waals surface area contributed by atoms with Gasteiger partial charge in [-0.25, -0.2) is 9.78 Å². The zero-order chi connectivity index (χ0) is 20.6. The summed E-state index contributed by atoms with van der Waals surface area (Å²) in [5, 5.41) is 7.37. The van der Waals surface area contributed by atoms with Gasteiger partial charge in [-0.15, -0.1) is 0 Å². The number of fused-ring (bicyclic) bond motifs is 1. The number of para-hydroxylation sites is 1. The Morgan fingerprint density at radius 3 is 2.86 bits per heavy atom. The van der Waals surface area contributed by atoms with Gasteiger partial charge in [0.25, 0.3) is 0 Å². The van der Waals surface area contributed by atoms with E-state index in [1.807, 2.05) is 56.0 Å². The molecule has 0 aliphatic heterocycles. The quantitative estimate of drug-likeness (QED) is 0.611. The molecule has 0 radical (unpaired) electrons. The van der Waals surface area contributed by atoms with Crippen molar-refractivity contribution in [1.82, 2.24) is 25.1 Å². The molecular weight excluding hydrogens is 434 g/mol.